The fraction of sp³-hybridized carbons (Fsp3) is 0.684. The molecule has 1 saturated carbocycles. The van der Waals surface area contributed by atoms with Crippen LogP contribution in [-0.4, -0.2) is 54.2 Å². The molecular formula is C19H25F2N3O3. The first kappa shape index (κ1) is 18.4. The number of amides is 2. The smallest absolute Gasteiger partial charge is 0.318 e. The molecule has 1 aromatic heterocycles. The van der Waals surface area contributed by atoms with Gasteiger partial charge >= 0.3 is 6.03 Å². The summed E-state index contributed by atoms with van der Waals surface area (Å²) in [6, 6.07) is 3.29. The van der Waals surface area contributed by atoms with Gasteiger partial charge in [0.2, 0.25) is 5.88 Å². The number of rotatable bonds is 6. The number of urea groups is 1. The largest absolute Gasteiger partial charge is 0.475 e. The Kier molecular flexibility index (Phi) is 4.70. The summed E-state index contributed by atoms with van der Waals surface area (Å²) in [5.41, 5.74) is -0.0714. The van der Waals surface area contributed by atoms with Crippen LogP contribution in [0.2, 0.25) is 0 Å². The Hall–Kier alpha value is -1.96. The number of halogens is 2. The number of pyridine rings is 1. The van der Waals surface area contributed by atoms with Gasteiger partial charge in [0.25, 0.3) is 5.92 Å². The van der Waals surface area contributed by atoms with Crippen LogP contribution in [0.5, 0.6) is 5.88 Å². The van der Waals surface area contributed by atoms with Gasteiger partial charge < -0.3 is 19.7 Å². The Balaban J connectivity index is 1.36. The van der Waals surface area contributed by atoms with E-state index in [9.17, 15) is 13.6 Å². The summed E-state index contributed by atoms with van der Waals surface area (Å²) >= 11 is 0. The van der Waals surface area contributed by atoms with Crippen molar-refractivity contribution in [3.63, 3.8) is 0 Å². The average molecular weight is 381 g/mol. The van der Waals surface area contributed by atoms with E-state index in [-0.39, 0.29) is 31.1 Å². The van der Waals surface area contributed by atoms with Gasteiger partial charge in [0.15, 0.2) is 0 Å². The van der Waals surface area contributed by atoms with Crippen LogP contribution in [0.3, 0.4) is 0 Å². The van der Waals surface area contributed by atoms with Crippen LogP contribution >= 0.6 is 0 Å². The summed E-state index contributed by atoms with van der Waals surface area (Å²) in [6.07, 6.45) is 4.08. The van der Waals surface area contributed by atoms with Gasteiger partial charge in [-0.25, -0.2) is 18.6 Å². The first-order chi connectivity index (χ1) is 13.0. The summed E-state index contributed by atoms with van der Waals surface area (Å²) in [6.45, 7) is 1.11. The monoisotopic (exact) mass is 381 g/mol. The summed E-state index contributed by atoms with van der Waals surface area (Å²) in [5.74, 6) is -2.08. The molecule has 1 aromatic rings. The molecule has 2 aliphatic heterocycles. The SMILES string of the molecule is COCCOc1ncccc1CNC(=O)N1C2CCC1CC1(C2)CC1(F)F. The minimum atomic E-state index is -2.54. The Morgan fingerprint density at radius 3 is 2.67 bits per heavy atom. The van der Waals surface area contributed by atoms with Crippen molar-refractivity contribution >= 4 is 6.03 Å². The van der Waals surface area contributed by atoms with E-state index >= 15 is 0 Å². The predicted octanol–water partition coefficient (Wildman–Crippen LogP) is 2.97. The van der Waals surface area contributed by atoms with Crippen molar-refractivity contribution in [2.45, 2.75) is 56.7 Å². The third-order valence-electron chi connectivity index (χ3n) is 6.12. The molecule has 2 atom stereocenters. The van der Waals surface area contributed by atoms with Crippen molar-refractivity contribution in [1.82, 2.24) is 15.2 Å². The minimum Gasteiger partial charge on any atom is -0.475 e. The lowest BCUT2D eigenvalue weighted by atomic mass is 9.87. The molecule has 2 amide bonds. The number of carbonyl (C=O) groups excluding carboxylic acids is 1. The predicted molar refractivity (Wildman–Crippen MR) is 93.7 cm³/mol. The van der Waals surface area contributed by atoms with Gasteiger partial charge in [0, 0.05) is 49.3 Å². The van der Waals surface area contributed by atoms with Gasteiger partial charge in [-0.05, 0) is 31.7 Å². The first-order valence-corrected chi connectivity index (χ1v) is 9.45. The van der Waals surface area contributed by atoms with Crippen LogP contribution in [0.15, 0.2) is 18.3 Å². The first-order valence-electron chi connectivity index (χ1n) is 9.45. The standard InChI is InChI=1S/C19H25F2N3O3/c1-26-7-8-27-16-13(3-2-6-22-16)11-23-17(25)24-14-4-5-15(24)10-18(9-14)12-19(18,20)21/h2-3,6,14-15H,4-5,7-12H2,1H3,(H,23,25). The number of nitrogens with zero attached hydrogens (tertiary/aromatic N) is 2. The van der Waals surface area contributed by atoms with Crippen LogP contribution in [0.4, 0.5) is 13.6 Å². The molecule has 8 heteroatoms. The summed E-state index contributed by atoms with van der Waals surface area (Å²) < 4.78 is 38.1. The van der Waals surface area contributed by atoms with E-state index in [1.807, 2.05) is 6.07 Å². The molecule has 0 aromatic carbocycles. The Labute approximate surface area is 157 Å². The van der Waals surface area contributed by atoms with E-state index in [2.05, 4.69) is 10.3 Å². The third-order valence-corrected chi connectivity index (χ3v) is 6.12. The summed E-state index contributed by atoms with van der Waals surface area (Å²) in [7, 11) is 1.59. The van der Waals surface area contributed by atoms with E-state index < -0.39 is 11.3 Å². The number of methoxy groups -OCH3 is 1. The second-order valence-electron chi connectivity index (χ2n) is 7.83. The lowest BCUT2D eigenvalue weighted by Gasteiger charge is -2.39. The molecule has 3 fully saturated rings. The van der Waals surface area contributed by atoms with Crippen LogP contribution < -0.4 is 10.1 Å². The fourth-order valence-electron chi connectivity index (χ4n) is 4.68. The maximum Gasteiger partial charge on any atom is 0.318 e. The molecule has 4 rings (SSSR count). The number of hydrogen-bond acceptors (Lipinski definition) is 4. The van der Waals surface area contributed by atoms with E-state index in [0.717, 1.165) is 18.4 Å². The average Bonchev–Trinajstić information content (AvgIpc) is 3.03. The zero-order chi connectivity index (χ0) is 19.1. The van der Waals surface area contributed by atoms with Crippen LogP contribution in [0.25, 0.3) is 0 Å². The highest BCUT2D eigenvalue weighted by molar-refractivity contribution is 5.75. The second kappa shape index (κ2) is 6.89. The second-order valence-corrected chi connectivity index (χ2v) is 7.83. The van der Waals surface area contributed by atoms with Gasteiger partial charge in [0.1, 0.15) is 6.61 Å². The van der Waals surface area contributed by atoms with Crippen molar-refractivity contribution in [2.75, 3.05) is 20.3 Å². The number of ether oxygens (including phenoxy) is 2. The number of nitrogens with one attached hydrogen (secondary N) is 1. The third kappa shape index (κ3) is 3.35. The number of hydrogen-bond donors (Lipinski definition) is 1. The maximum atomic E-state index is 13.8. The lowest BCUT2D eigenvalue weighted by molar-refractivity contribution is 0.0169. The molecule has 2 bridgehead atoms. The molecule has 6 nitrogen and oxygen atoms in total. The molecule has 2 saturated heterocycles. The highest BCUT2D eigenvalue weighted by Crippen LogP contribution is 2.69. The van der Waals surface area contributed by atoms with E-state index in [1.54, 1.807) is 24.3 Å². The Morgan fingerprint density at radius 2 is 2.04 bits per heavy atom. The topological polar surface area (TPSA) is 63.7 Å². The number of fused-ring (bicyclic) bond motifs is 2. The zero-order valence-corrected chi connectivity index (χ0v) is 15.4. The van der Waals surface area contributed by atoms with Crippen molar-refractivity contribution in [3.05, 3.63) is 23.9 Å². The van der Waals surface area contributed by atoms with Gasteiger partial charge in [0.05, 0.1) is 6.61 Å². The summed E-state index contributed by atoms with van der Waals surface area (Å²) in [4.78, 5) is 18.7. The minimum absolute atomic E-state index is 0.0136. The van der Waals surface area contributed by atoms with Crippen molar-refractivity contribution in [2.24, 2.45) is 5.41 Å². The van der Waals surface area contributed by atoms with Gasteiger partial charge in [-0.2, -0.15) is 0 Å². The number of piperidine rings is 1. The zero-order valence-electron chi connectivity index (χ0n) is 15.4. The highest BCUT2D eigenvalue weighted by atomic mass is 19.3. The van der Waals surface area contributed by atoms with Crippen molar-refractivity contribution in [1.29, 1.82) is 0 Å². The van der Waals surface area contributed by atoms with E-state index in [4.69, 9.17) is 9.47 Å². The van der Waals surface area contributed by atoms with Crippen LogP contribution in [0, 0.1) is 5.41 Å². The van der Waals surface area contributed by atoms with Crippen LogP contribution in [-0.2, 0) is 11.3 Å². The van der Waals surface area contributed by atoms with Gasteiger partial charge in [-0.15, -0.1) is 0 Å². The number of aromatic nitrogens is 1. The Morgan fingerprint density at radius 1 is 1.33 bits per heavy atom. The molecule has 1 spiro atoms. The normalized spacial score (nSPS) is 30.4. The van der Waals surface area contributed by atoms with Crippen molar-refractivity contribution in [3.8, 4) is 5.88 Å². The van der Waals surface area contributed by atoms with E-state index in [0.29, 0.717) is 31.9 Å². The molecule has 1 aliphatic carbocycles. The Bertz CT molecular complexity index is 701. The molecule has 3 heterocycles. The molecule has 1 N–H and O–H groups in total. The molecule has 2 unspecified atom stereocenters. The molecular weight excluding hydrogens is 356 g/mol. The number of carbonyl (C=O) groups is 1. The molecule has 3 aliphatic rings. The quantitative estimate of drug-likeness (QED) is 0.770. The molecule has 0 radical (unpaired) electrons. The maximum absolute atomic E-state index is 13.8. The van der Waals surface area contributed by atoms with Crippen molar-refractivity contribution < 1.29 is 23.0 Å². The molecule has 148 valence electrons. The number of alkyl halides is 2. The lowest BCUT2D eigenvalue weighted by Crippen LogP contribution is -2.51. The van der Waals surface area contributed by atoms with Gasteiger partial charge in [-0.3, -0.25) is 0 Å². The highest BCUT2D eigenvalue weighted by Gasteiger charge is 2.74. The summed E-state index contributed by atoms with van der Waals surface area (Å²) in [5, 5.41) is 2.92. The van der Waals surface area contributed by atoms with Gasteiger partial charge in [-0.1, -0.05) is 6.07 Å². The van der Waals surface area contributed by atoms with Crippen LogP contribution in [0.1, 0.15) is 37.7 Å². The molecule has 27 heavy (non-hydrogen) atoms. The van der Waals surface area contributed by atoms with E-state index in [1.165, 1.54) is 0 Å². The fourth-order valence-corrected chi connectivity index (χ4v) is 4.68.